The quantitative estimate of drug-likeness (QED) is 0.860. The van der Waals surface area contributed by atoms with Gasteiger partial charge in [0.1, 0.15) is 4.88 Å². The molecule has 0 radical (unpaired) electrons. The molecule has 0 fully saturated rings. The van der Waals surface area contributed by atoms with Crippen LogP contribution in [0.1, 0.15) is 22.2 Å². The van der Waals surface area contributed by atoms with Crippen LogP contribution in [0.5, 0.6) is 0 Å². The van der Waals surface area contributed by atoms with Crippen LogP contribution in [0, 0.1) is 0 Å². The zero-order chi connectivity index (χ0) is 14.7. The van der Waals surface area contributed by atoms with Gasteiger partial charge in [-0.2, -0.15) is 0 Å². The van der Waals surface area contributed by atoms with Gasteiger partial charge in [-0.3, -0.25) is 4.21 Å². The van der Waals surface area contributed by atoms with Crippen LogP contribution >= 0.6 is 11.3 Å². The lowest BCUT2D eigenvalue weighted by Crippen LogP contribution is -2.27. The van der Waals surface area contributed by atoms with E-state index in [-0.39, 0.29) is 5.25 Å². The van der Waals surface area contributed by atoms with Gasteiger partial charge in [0, 0.05) is 40.1 Å². The summed E-state index contributed by atoms with van der Waals surface area (Å²) >= 11 is 1.30. The smallest absolute Gasteiger partial charge is 0.346 e. The zero-order valence-electron chi connectivity index (χ0n) is 11.4. The number of nitrogens with one attached hydrogen (secondary N) is 1. The summed E-state index contributed by atoms with van der Waals surface area (Å²) in [5.74, 6) is -0.893. The van der Waals surface area contributed by atoms with Crippen molar-refractivity contribution in [3.05, 3.63) is 34.7 Å². The molecule has 1 aromatic carbocycles. The minimum atomic E-state index is -0.893. The molecule has 0 aliphatic heterocycles. The van der Waals surface area contributed by atoms with Gasteiger partial charge in [-0.25, -0.2) is 4.79 Å². The molecule has 2 aromatic rings. The molecule has 0 aliphatic rings. The summed E-state index contributed by atoms with van der Waals surface area (Å²) in [5.41, 5.74) is 0.812. The van der Waals surface area contributed by atoms with E-state index in [1.807, 2.05) is 31.2 Å². The van der Waals surface area contributed by atoms with Crippen molar-refractivity contribution >= 4 is 38.2 Å². The van der Waals surface area contributed by atoms with E-state index in [1.165, 1.54) is 11.3 Å². The third-order valence-corrected chi connectivity index (χ3v) is 5.69. The second kappa shape index (κ2) is 6.47. The van der Waals surface area contributed by atoms with Gasteiger partial charge >= 0.3 is 5.97 Å². The fourth-order valence-electron chi connectivity index (χ4n) is 1.96. The zero-order valence-corrected chi connectivity index (χ0v) is 13.0. The predicted octanol–water partition coefficient (Wildman–Crippen LogP) is 2.46. The van der Waals surface area contributed by atoms with E-state index in [0.717, 1.165) is 15.6 Å². The topological polar surface area (TPSA) is 66.4 Å². The second-order valence-electron chi connectivity index (χ2n) is 4.65. The van der Waals surface area contributed by atoms with E-state index in [2.05, 4.69) is 5.32 Å². The summed E-state index contributed by atoms with van der Waals surface area (Å²) in [5, 5.41) is 13.5. The number of carbonyl (C=O) groups is 1. The van der Waals surface area contributed by atoms with Crippen molar-refractivity contribution in [3.8, 4) is 0 Å². The molecule has 0 amide bonds. The van der Waals surface area contributed by atoms with Gasteiger partial charge in [0.2, 0.25) is 0 Å². The Balaban J connectivity index is 2.21. The lowest BCUT2D eigenvalue weighted by atomic mass is 10.1. The molecule has 0 spiro atoms. The average molecular weight is 311 g/mol. The van der Waals surface area contributed by atoms with Crippen LogP contribution in [0.3, 0.4) is 0 Å². The molecule has 2 N–H and O–H groups in total. The number of carboxylic acids is 1. The molecule has 4 nitrogen and oxygen atoms in total. The van der Waals surface area contributed by atoms with Gasteiger partial charge in [-0.15, -0.1) is 11.3 Å². The van der Waals surface area contributed by atoms with Crippen LogP contribution in [-0.4, -0.2) is 33.3 Å². The SMILES string of the molecule is CC(CNCc1c(C(=O)O)sc2ccccc12)S(C)=O. The summed E-state index contributed by atoms with van der Waals surface area (Å²) in [7, 11) is -0.876. The Morgan fingerprint density at radius 2 is 2.15 bits per heavy atom. The van der Waals surface area contributed by atoms with Gasteiger partial charge in [0.25, 0.3) is 0 Å². The minimum Gasteiger partial charge on any atom is -0.477 e. The Bertz CT molecular complexity index is 651. The van der Waals surface area contributed by atoms with Crippen LogP contribution in [0.2, 0.25) is 0 Å². The summed E-state index contributed by atoms with van der Waals surface area (Å²) in [6.45, 7) is 2.99. The summed E-state index contributed by atoms with van der Waals surface area (Å²) in [6, 6.07) is 7.69. The average Bonchev–Trinajstić information content (AvgIpc) is 2.78. The Morgan fingerprint density at radius 1 is 1.45 bits per heavy atom. The fraction of sp³-hybridized carbons (Fsp3) is 0.357. The maximum absolute atomic E-state index is 11.3. The van der Waals surface area contributed by atoms with E-state index in [1.54, 1.807) is 6.26 Å². The number of hydrogen-bond acceptors (Lipinski definition) is 4. The first-order valence-corrected chi connectivity index (χ1v) is 8.71. The van der Waals surface area contributed by atoms with Crippen LogP contribution in [0.15, 0.2) is 24.3 Å². The van der Waals surface area contributed by atoms with E-state index < -0.39 is 16.8 Å². The molecule has 20 heavy (non-hydrogen) atoms. The molecule has 1 aromatic heterocycles. The first kappa shape index (κ1) is 15.2. The van der Waals surface area contributed by atoms with Crippen LogP contribution in [0.4, 0.5) is 0 Å². The highest BCUT2D eigenvalue weighted by atomic mass is 32.2. The molecule has 0 saturated heterocycles. The molecule has 108 valence electrons. The number of aromatic carboxylic acids is 1. The minimum absolute atomic E-state index is 0.0492. The van der Waals surface area contributed by atoms with E-state index in [9.17, 15) is 14.1 Å². The van der Waals surface area contributed by atoms with Crippen molar-refractivity contribution in [1.82, 2.24) is 5.32 Å². The Labute approximate surface area is 124 Å². The predicted molar refractivity (Wildman–Crippen MR) is 84.0 cm³/mol. The maximum Gasteiger partial charge on any atom is 0.346 e. The van der Waals surface area contributed by atoms with Crippen molar-refractivity contribution in [2.45, 2.75) is 18.7 Å². The van der Waals surface area contributed by atoms with Crippen molar-refractivity contribution in [3.63, 3.8) is 0 Å². The Hall–Kier alpha value is -1.24. The second-order valence-corrected chi connectivity index (χ2v) is 7.51. The molecule has 2 rings (SSSR count). The normalized spacial score (nSPS) is 14.3. The summed E-state index contributed by atoms with van der Waals surface area (Å²) in [4.78, 5) is 11.7. The molecular formula is C14H17NO3S2. The molecule has 1 heterocycles. The third kappa shape index (κ3) is 3.26. The maximum atomic E-state index is 11.3. The lowest BCUT2D eigenvalue weighted by Gasteiger charge is -2.10. The highest BCUT2D eigenvalue weighted by Crippen LogP contribution is 2.31. The lowest BCUT2D eigenvalue weighted by molar-refractivity contribution is 0.0701. The highest BCUT2D eigenvalue weighted by Gasteiger charge is 2.17. The van der Waals surface area contributed by atoms with Crippen LogP contribution in [-0.2, 0) is 17.3 Å². The van der Waals surface area contributed by atoms with E-state index in [0.29, 0.717) is 18.0 Å². The van der Waals surface area contributed by atoms with E-state index >= 15 is 0 Å². The van der Waals surface area contributed by atoms with Crippen molar-refractivity contribution in [2.24, 2.45) is 0 Å². The van der Waals surface area contributed by atoms with Crippen LogP contribution in [0.25, 0.3) is 10.1 Å². The molecule has 0 bridgehead atoms. The Morgan fingerprint density at radius 3 is 2.80 bits per heavy atom. The van der Waals surface area contributed by atoms with Gasteiger partial charge in [0.05, 0.1) is 0 Å². The van der Waals surface area contributed by atoms with Gasteiger partial charge in [-0.1, -0.05) is 18.2 Å². The van der Waals surface area contributed by atoms with Gasteiger partial charge < -0.3 is 10.4 Å². The molecule has 2 atom stereocenters. The van der Waals surface area contributed by atoms with Gasteiger partial charge in [0.15, 0.2) is 0 Å². The monoisotopic (exact) mass is 311 g/mol. The third-order valence-electron chi connectivity index (χ3n) is 3.19. The number of hydrogen-bond donors (Lipinski definition) is 2. The van der Waals surface area contributed by atoms with Crippen LogP contribution < -0.4 is 5.32 Å². The number of rotatable bonds is 6. The van der Waals surface area contributed by atoms with Crippen molar-refractivity contribution in [1.29, 1.82) is 0 Å². The summed E-state index contributed by atoms with van der Waals surface area (Å²) in [6.07, 6.45) is 1.68. The van der Waals surface area contributed by atoms with Crippen molar-refractivity contribution < 1.29 is 14.1 Å². The first-order chi connectivity index (χ1) is 9.50. The highest BCUT2D eigenvalue weighted by molar-refractivity contribution is 7.84. The molecule has 6 heteroatoms. The largest absolute Gasteiger partial charge is 0.477 e. The van der Waals surface area contributed by atoms with Gasteiger partial charge in [-0.05, 0) is 23.9 Å². The summed E-state index contributed by atoms with van der Waals surface area (Å²) < 4.78 is 12.3. The first-order valence-electron chi connectivity index (χ1n) is 6.27. The Kier molecular flexibility index (Phi) is 4.91. The molecule has 0 aliphatic carbocycles. The number of carboxylic acid groups (broad SMARTS) is 1. The number of thiophene rings is 1. The molecule has 0 saturated carbocycles. The molecular weight excluding hydrogens is 294 g/mol. The standard InChI is InChI=1S/C14H17NO3S2/c1-9(20(2)18)7-15-8-11-10-5-3-4-6-12(10)19-13(11)14(16)17/h3-6,9,15H,7-8H2,1-2H3,(H,16,17). The van der Waals surface area contributed by atoms with Crippen molar-refractivity contribution in [2.75, 3.05) is 12.8 Å². The van der Waals surface area contributed by atoms with E-state index in [4.69, 9.17) is 0 Å². The fourth-order valence-corrected chi connectivity index (χ4v) is 3.38. The number of benzene rings is 1. The number of fused-ring (bicyclic) bond motifs is 1. The molecule has 2 unspecified atom stereocenters.